The molecule has 2 aliphatic heterocycles. The van der Waals surface area contributed by atoms with Gasteiger partial charge in [0.05, 0.1) is 6.42 Å². The summed E-state index contributed by atoms with van der Waals surface area (Å²) in [6.45, 7) is 2.19. The molecule has 2 saturated heterocycles. The van der Waals surface area contributed by atoms with Crippen molar-refractivity contribution in [2.75, 3.05) is 19.6 Å². The van der Waals surface area contributed by atoms with Crippen LogP contribution in [0.5, 0.6) is 0 Å². The van der Waals surface area contributed by atoms with Crippen LogP contribution in [0.3, 0.4) is 0 Å². The summed E-state index contributed by atoms with van der Waals surface area (Å²) in [4.78, 5) is 25.5. The minimum absolute atomic E-state index is 0.0558. The third kappa shape index (κ3) is 3.29. The van der Waals surface area contributed by atoms with Gasteiger partial charge in [-0.15, -0.1) is 0 Å². The Morgan fingerprint density at radius 3 is 2.68 bits per heavy atom. The second kappa shape index (κ2) is 6.07. The van der Waals surface area contributed by atoms with Crippen molar-refractivity contribution in [3.05, 3.63) is 35.6 Å². The van der Waals surface area contributed by atoms with Crippen molar-refractivity contribution in [1.29, 1.82) is 0 Å². The molecule has 3 rings (SSSR count). The van der Waals surface area contributed by atoms with E-state index in [1.807, 2.05) is 4.90 Å². The maximum atomic E-state index is 13.2. The number of hydrogen-bond donors (Lipinski definition) is 1. The van der Waals surface area contributed by atoms with Crippen molar-refractivity contribution < 1.29 is 14.0 Å². The minimum atomic E-state index is -0.305. The van der Waals surface area contributed by atoms with Gasteiger partial charge in [-0.05, 0) is 42.4 Å². The number of carbonyl (C=O) groups excluding carboxylic acids is 2. The molecule has 0 unspecified atom stereocenters. The smallest absolute Gasteiger partial charge is 0.226 e. The standard InChI is InChI=1S/C17H21FN2O2/c18-14-3-1-2-13(10-14)11-16(22)20-8-6-17(7-9-20)5-4-15(21)19-12-17/h1-3,10H,4-9,11-12H2,(H,19,21). The van der Waals surface area contributed by atoms with Gasteiger partial charge >= 0.3 is 0 Å². The number of likely N-dealkylation sites (tertiary alicyclic amines) is 1. The normalized spacial score (nSPS) is 20.8. The monoisotopic (exact) mass is 304 g/mol. The van der Waals surface area contributed by atoms with Crippen LogP contribution >= 0.6 is 0 Å². The van der Waals surface area contributed by atoms with Crippen LogP contribution in [-0.2, 0) is 16.0 Å². The summed E-state index contributed by atoms with van der Waals surface area (Å²) in [7, 11) is 0. The zero-order chi connectivity index (χ0) is 15.6. The predicted molar refractivity (Wildman–Crippen MR) is 80.6 cm³/mol. The second-order valence-electron chi connectivity index (χ2n) is 6.46. The number of nitrogens with one attached hydrogen (secondary N) is 1. The molecule has 0 atom stereocenters. The summed E-state index contributed by atoms with van der Waals surface area (Å²) in [6.07, 6.45) is 3.63. The molecule has 1 aromatic rings. The summed E-state index contributed by atoms with van der Waals surface area (Å²) in [5.41, 5.74) is 0.888. The number of nitrogens with zero attached hydrogens (tertiary/aromatic N) is 1. The van der Waals surface area contributed by atoms with Gasteiger partial charge in [0.15, 0.2) is 0 Å². The van der Waals surface area contributed by atoms with Crippen molar-refractivity contribution in [3.8, 4) is 0 Å². The first kappa shape index (κ1) is 15.0. The molecule has 0 saturated carbocycles. The molecule has 0 aromatic heterocycles. The quantitative estimate of drug-likeness (QED) is 0.907. The molecule has 5 heteroatoms. The zero-order valence-electron chi connectivity index (χ0n) is 12.6. The Morgan fingerprint density at radius 1 is 1.27 bits per heavy atom. The molecule has 2 aliphatic rings. The molecule has 1 aromatic carbocycles. The van der Waals surface area contributed by atoms with Gasteiger partial charge in [-0.2, -0.15) is 0 Å². The van der Waals surface area contributed by atoms with Gasteiger partial charge in [0.25, 0.3) is 0 Å². The van der Waals surface area contributed by atoms with Gasteiger partial charge in [0.2, 0.25) is 11.8 Å². The van der Waals surface area contributed by atoms with Crippen LogP contribution in [0, 0.1) is 11.2 Å². The molecule has 4 nitrogen and oxygen atoms in total. The SMILES string of the molecule is O=C1CCC2(CCN(C(=O)Cc3cccc(F)c3)CC2)CN1. The molecule has 22 heavy (non-hydrogen) atoms. The first-order valence-electron chi connectivity index (χ1n) is 7.85. The Kier molecular flexibility index (Phi) is 4.14. The highest BCUT2D eigenvalue weighted by Crippen LogP contribution is 2.37. The summed E-state index contributed by atoms with van der Waals surface area (Å²) in [6, 6.07) is 6.22. The van der Waals surface area contributed by atoms with Crippen molar-refractivity contribution in [1.82, 2.24) is 10.2 Å². The molecule has 118 valence electrons. The van der Waals surface area contributed by atoms with Gasteiger partial charge in [-0.3, -0.25) is 9.59 Å². The highest BCUT2D eigenvalue weighted by molar-refractivity contribution is 5.79. The average Bonchev–Trinajstić information content (AvgIpc) is 2.51. The topological polar surface area (TPSA) is 49.4 Å². The fourth-order valence-corrected chi connectivity index (χ4v) is 3.43. The van der Waals surface area contributed by atoms with E-state index in [0.717, 1.165) is 44.5 Å². The van der Waals surface area contributed by atoms with E-state index < -0.39 is 0 Å². The number of benzene rings is 1. The van der Waals surface area contributed by atoms with Gasteiger partial charge in [-0.1, -0.05) is 12.1 Å². The lowest BCUT2D eigenvalue weighted by atomic mass is 9.73. The van der Waals surface area contributed by atoms with E-state index in [1.165, 1.54) is 12.1 Å². The maximum absolute atomic E-state index is 13.2. The number of piperidine rings is 2. The Labute approximate surface area is 129 Å². The highest BCUT2D eigenvalue weighted by atomic mass is 19.1. The Morgan fingerprint density at radius 2 is 2.05 bits per heavy atom. The van der Waals surface area contributed by atoms with Crippen LogP contribution in [0.1, 0.15) is 31.2 Å². The van der Waals surface area contributed by atoms with Gasteiger partial charge in [0.1, 0.15) is 5.82 Å². The van der Waals surface area contributed by atoms with E-state index >= 15 is 0 Å². The first-order valence-corrected chi connectivity index (χ1v) is 7.85. The molecule has 2 amide bonds. The molecular weight excluding hydrogens is 283 g/mol. The number of halogens is 1. The van der Waals surface area contributed by atoms with Crippen LogP contribution in [0.15, 0.2) is 24.3 Å². The molecule has 2 fully saturated rings. The van der Waals surface area contributed by atoms with Crippen molar-refractivity contribution in [2.45, 2.75) is 32.1 Å². The second-order valence-corrected chi connectivity index (χ2v) is 6.46. The van der Waals surface area contributed by atoms with E-state index in [9.17, 15) is 14.0 Å². The largest absolute Gasteiger partial charge is 0.356 e. The molecule has 0 aliphatic carbocycles. The number of amides is 2. The van der Waals surface area contributed by atoms with Crippen LogP contribution < -0.4 is 5.32 Å². The maximum Gasteiger partial charge on any atom is 0.226 e. The molecule has 2 heterocycles. The lowest BCUT2D eigenvalue weighted by Crippen LogP contribution is -2.51. The molecule has 0 radical (unpaired) electrons. The van der Waals surface area contributed by atoms with Gasteiger partial charge in [0, 0.05) is 26.1 Å². The van der Waals surface area contributed by atoms with E-state index in [4.69, 9.17) is 0 Å². The van der Waals surface area contributed by atoms with Crippen molar-refractivity contribution in [3.63, 3.8) is 0 Å². The summed E-state index contributed by atoms with van der Waals surface area (Å²) < 4.78 is 13.2. The Balaban J connectivity index is 1.55. The van der Waals surface area contributed by atoms with E-state index in [2.05, 4.69) is 5.32 Å². The molecular formula is C17H21FN2O2. The molecule has 1 N–H and O–H groups in total. The summed E-state index contributed by atoms with van der Waals surface area (Å²) in [5.74, 6) is -0.114. The fraction of sp³-hybridized carbons (Fsp3) is 0.529. The summed E-state index contributed by atoms with van der Waals surface area (Å²) >= 11 is 0. The van der Waals surface area contributed by atoms with Gasteiger partial charge in [-0.25, -0.2) is 4.39 Å². The van der Waals surface area contributed by atoms with Gasteiger partial charge < -0.3 is 10.2 Å². The van der Waals surface area contributed by atoms with E-state index in [1.54, 1.807) is 12.1 Å². The molecule has 0 bridgehead atoms. The Hall–Kier alpha value is -1.91. The third-order valence-electron chi connectivity index (χ3n) is 4.96. The van der Waals surface area contributed by atoms with Crippen LogP contribution in [0.25, 0.3) is 0 Å². The lowest BCUT2D eigenvalue weighted by molar-refractivity contribution is -0.134. The third-order valence-corrected chi connectivity index (χ3v) is 4.96. The number of carbonyl (C=O) groups is 2. The predicted octanol–water partition coefficient (Wildman–Crippen LogP) is 1.89. The molecule has 1 spiro atoms. The number of rotatable bonds is 2. The van der Waals surface area contributed by atoms with Crippen LogP contribution in [0.4, 0.5) is 4.39 Å². The van der Waals surface area contributed by atoms with E-state index in [-0.39, 0.29) is 29.5 Å². The number of hydrogen-bond acceptors (Lipinski definition) is 2. The average molecular weight is 304 g/mol. The van der Waals surface area contributed by atoms with Crippen molar-refractivity contribution >= 4 is 11.8 Å². The van der Waals surface area contributed by atoms with Crippen LogP contribution in [-0.4, -0.2) is 36.3 Å². The van der Waals surface area contributed by atoms with Crippen molar-refractivity contribution in [2.24, 2.45) is 5.41 Å². The highest BCUT2D eigenvalue weighted by Gasteiger charge is 2.38. The Bertz CT molecular complexity index is 568. The van der Waals surface area contributed by atoms with Crippen LogP contribution in [0.2, 0.25) is 0 Å². The summed E-state index contributed by atoms with van der Waals surface area (Å²) in [5, 5.41) is 2.95. The first-order chi connectivity index (χ1) is 10.6. The lowest BCUT2D eigenvalue weighted by Gasteiger charge is -2.44. The fourth-order valence-electron chi connectivity index (χ4n) is 3.43. The van der Waals surface area contributed by atoms with E-state index in [0.29, 0.717) is 6.42 Å². The zero-order valence-corrected chi connectivity index (χ0v) is 12.6. The minimum Gasteiger partial charge on any atom is -0.356 e.